The highest BCUT2D eigenvalue weighted by Crippen LogP contribution is 2.31. The van der Waals surface area contributed by atoms with Crippen LogP contribution in [-0.2, 0) is 4.74 Å². The lowest BCUT2D eigenvalue weighted by Crippen LogP contribution is -2.43. The summed E-state index contributed by atoms with van der Waals surface area (Å²) in [6.45, 7) is 1.93. The molecule has 1 saturated heterocycles. The maximum Gasteiger partial charge on any atom is 0.322 e. The molecule has 0 atom stereocenters. The van der Waals surface area contributed by atoms with E-state index in [0.717, 1.165) is 0 Å². The van der Waals surface area contributed by atoms with E-state index in [-0.39, 0.29) is 17.5 Å². The fourth-order valence-corrected chi connectivity index (χ4v) is 2.28. The van der Waals surface area contributed by atoms with Gasteiger partial charge in [-0.1, -0.05) is 24.3 Å². The molecule has 2 aromatic carbocycles. The molecule has 5 nitrogen and oxygen atoms in total. The van der Waals surface area contributed by atoms with Crippen LogP contribution in [0.2, 0.25) is 0 Å². The first-order valence-electron chi connectivity index (χ1n) is 7.39. The molecule has 1 heterocycles. The van der Waals surface area contributed by atoms with Crippen molar-refractivity contribution in [3.8, 4) is 11.5 Å². The van der Waals surface area contributed by atoms with Gasteiger partial charge in [0.15, 0.2) is 11.6 Å². The number of nitrogens with one attached hydrogen (secondary N) is 1. The Balaban J connectivity index is 1.79. The Labute approximate surface area is 133 Å². The molecule has 0 spiro atoms. The highest BCUT2D eigenvalue weighted by molar-refractivity contribution is 5.91. The van der Waals surface area contributed by atoms with E-state index in [0.29, 0.717) is 32.1 Å². The number of halogens is 1. The number of urea groups is 1. The molecule has 0 bridgehead atoms. The van der Waals surface area contributed by atoms with E-state index in [1.807, 2.05) is 18.2 Å². The zero-order chi connectivity index (χ0) is 16.1. The Hall–Kier alpha value is -2.60. The van der Waals surface area contributed by atoms with Crippen molar-refractivity contribution in [2.24, 2.45) is 0 Å². The molecule has 23 heavy (non-hydrogen) atoms. The fraction of sp³-hybridized carbons (Fsp3) is 0.235. The van der Waals surface area contributed by atoms with Gasteiger partial charge in [0.05, 0.1) is 13.2 Å². The lowest BCUT2D eigenvalue weighted by Gasteiger charge is -2.27. The number of carbonyl (C=O) groups excluding carboxylic acids is 1. The molecule has 0 saturated carbocycles. The molecule has 2 amide bonds. The van der Waals surface area contributed by atoms with E-state index in [2.05, 4.69) is 5.32 Å². The molecule has 1 N–H and O–H groups in total. The summed E-state index contributed by atoms with van der Waals surface area (Å²) in [5.41, 5.74) is 0.0350. The largest absolute Gasteiger partial charge is 0.455 e. The molecule has 1 fully saturated rings. The van der Waals surface area contributed by atoms with Crippen molar-refractivity contribution in [3.63, 3.8) is 0 Å². The molecule has 0 aliphatic carbocycles. The predicted molar refractivity (Wildman–Crippen MR) is 84.3 cm³/mol. The van der Waals surface area contributed by atoms with Crippen LogP contribution in [0.15, 0.2) is 48.5 Å². The minimum absolute atomic E-state index is 0.0350. The quantitative estimate of drug-likeness (QED) is 0.943. The van der Waals surface area contributed by atoms with Gasteiger partial charge in [-0.2, -0.15) is 0 Å². The van der Waals surface area contributed by atoms with Gasteiger partial charge in [0, 0.05) is 13.1 Å². The first-order valence-corrected chi connectivity index (χ1v) is 7.39. The molecular formula is C17H17FN2O3. The van der Waals surface area contributed by atoms with Gasteiger partial charge in [-0.15, -0.1) is 0 Å². The summed E-state index contributed by atoms with van der Waals surface area (Å²) in [7, 11) is 0. The van der Waals surface area contributed by atoms with Gasteiger partial charge in [-0.25, -0.2) is 9.18 Å². The van der Waals surface area contributed by atoms with Crippen LogP contribution in [0.25, 0.3) is 0 Å². The van der Waals surface area contributed by atoms with Crippen molar-refractivity contribution in [2.75, 3.05) is 31.6 Å². The highest BCUT2D eigenvalue weighted by Gasteiger charge is 2.20. The maximum absolute atomic E-state index is 14.1. The van der Waals surface area contributed by atoms with Gasteiger partial charge < -0.3 is 19.7 Å². The van der Waals surface area contributed by atoms with E-state index in [1.165, 1.54) is 12.1 Å². The number of benzene rings is 2. The average molecular weight is 316 g/mol. The molecule has 120 valence electrons. The predicted octanol–water partition coefficient (Wildman–Crippen LogP) is 3.48. The molecule has 1 aliphatic rings. The molecule has 1 aliphatic heterocycles. The summed E-state index contributed by atoms with van der Waals surface area (Å²) < 4.78 is 25.0. The molecule has 6 heteroatoms. The van der Waals surface area contributed by atoms with Gasteiger partial charge in [0.25, 0.3) is 0 Å². The molecule has 2 aromatic rings. The van der Waals surface area contributed by atoms with Gasteiger partial charge >= 0.3 is 6.03 Å². The smallest absolute Gasteiger partial charge is 0.322 e. The molecule has 0 unspecified atom stereocenters. The number of hydrogen-bond acceptors (Lipinski definition) is 3. The molecule has 0 radical (unpaired) electrons. The van der Waals surface area contributed by atoms with E-state index < -0.39 is 5.82 Å². The lowest BCUT2D eigenvalue weighted by molar-refractivity contribution is 0.0564. The SMILES string of the molecule is O=C(Nc1c(F)cccc1Oc1ccccc1)N1CCOCC1. The summed E-state index contributed by atoms with van der Waals surface area (Å²) in [4.78, 5) is 13.8. The average Bonchev–Trinajstić information content (AvgIpc) is 2.59. The maximum atomic E-state index is 14.1. The minimum atomic E-state index is -0.542. The zero-order valence-corrected chi connectivity index (χ0v) is 12.5. The van der Waals surface area contributed by atoms with Gasteiger partial charge in [0.2, 0.25) is 0 Å². The van der Waals surface area contributed by atoms with Crippen molar-refractivity contribution in [1.82, 2.24) is 4.90 Å². The number of para-hydroxylation sites is 2. The number of hydrogen-bond donors (Lipinski definition) is 1. The van der Waals surface area contributed by atoms with Crippen LogP contribution in [0.4, 0.5) is 14.9 Å². The van der Waals surface area contributed by atoms with Gasteiger partial charge in [0.1, 0.15) is 11.4 Å². The van der Waals surface area contributed by atoms with E-state index in [1.54, 1.807) is 23.1 Å². The van der Waals surface area contributed by atoms with Crippen molar-refractivity contribution in [2.45, 2.75) is 0 Å². The van der Waals surface area contributed by atoms with Crippen molar-refractivity contribution < 1.29 is 18.7 Å². The summed E-state index contributed by atoms with van der Waals surface area (Å²) >= 11 is 0. The van der Waals surface area contributed by atoms with Crippen LogP contribution < -0.4 is 10.1 Å². The molecule has 3 rings (SSSR count). The van der Waals surface area contributed by atoms with Crippen LogP contribution in [0.3, 0.4) is 0 Å². The number of anilines is 1. The van der Waals surface area contributed by atoms with Gasteiger partial charge in [-0.3, -0.25) is 0 Å². The third-order valence-corrected chi connectivity index (χ3v) is 3.48. The van der Waals surface area contributed by atoms with E-state index in [9.17, 15) is 9.18 Å². The Bertz CT molecular complexity index is 673. The van der Waals surface area contributed by atoms with Crippen LogP contribution in [0, 0.1) is 5.82 Å². The monoisotopic (exact) mass is 316 g/mol. The molecule has 0 aromatic heterocycles. The standard InChI is InChI=1S/C17H17FN2O3/c18-14-7-4-8-15(23-13-5-2-1-3-6-13)16(14)19-17(21)20-9-11-22-12-10-20/h1-8H,9-12H2,(H,19,21). The Kier molecular flexibility index (Phi) is 4.73. The summed E-state index contributed by atoms with van der Waals surface area (Å²) in [6, 6.07) is 13.1. The Morgan fingerprint density at radius 2 is 1.83 bits per heavy atom. The first kappa shape index (κ1) is 15.3. The van der Waals surface area contributed by atoms with Crippen molar-refractivity contribution >= 4 is 11.7 Å². The highest BCUT2D eigenvalue weighted by atomic mass is 19.1. The third kappa shape index (κ3) is 3.78. The number of amides is 2. The van der Waals surface area contributed by atoms with Crippen LogP contribution in [-0.4, -0.2) is 37.2 Å². The second-order valence-electron chi connectivity index (χ2n) is 5.06. The Morgan fingerprint density at radius 1 is 1.09 bits per heavy atom. The summed E-state index contributed by atoms with van der Waals surface area (Å²) in [6.07, 6.45) is 0. The zero-order valence-electron chi connectivity index (χ0n) is 12.5. The fourth-order valence-electron chi connectivity index (χ4n) is 2.28. The summed E-state index contributed by atoms with van der Waals surface area (Å²) in [5.74, 6) is 0.290. The summed E-state index contributed by atoms with van der Waals surface area (Å²) in [5, 5.41) is 2.60. The van der Waals surface area contributed by atoms with E-state index in [4.69, 9.17) is 9.47 Å². The van der Waals surface area contributed by atoms with Crippen LogP contribution in [0.1, 0.15) is 0 Å². The number of carbonyl (C=O) groups is 1. The van der Waals surface area contributed by atoms with Gasteiger partial charge in [-0.05, 0) is 24.3 Å². The molecular weight excluding hydrogens is 299 g/mol. The van der Waals surface area contributed by atoms with Crippen LogP contribution >= 0.6 is 0 Å². The second-order valence-corrected chi connectivity index (χ2v) is 5.06. The topological polar surface area (TPSA) is 50.8 Å². The Morgan fingerprint density at radius 3 is 2.57 bits per heavy atom. The number of morpholine rings is 1. The first-order chi connectivity index (χ1) is 11.2. The normalized spacial score (nSPS) is 14.4. The third-order valence-electron chi connectivity index (χ3n) is 3.48. The van der Waals surface area contributed by atoms with Crippen LogP contribution in [0.5, 0.6) is 11.5 Å². The number of rotatable bonds is 3. The van der Waals surface area contributed by atoms with Crippen molar-refractivity contribution in [1.29, 1.82) is 0 Å². The number of nitrogens with zero attached hydrogens (tertiary/aromatic N) is 1. The van der Waals surface area contributed by atoms with Crippen molar-refractivity contribution in [3.05, 3.63) is 54.3 Å². The van der Waals surface area contributed by atoms with E-state index >= 15 is 0 Å². The lowest BCUT2D eigenvalue weighted by atomic mass is 10.2. The second kappa shape index (κ2) is 7.11. The minimum Gasteiger partial charge on any atom is -0.455 e. The number of ether oxygens (including phenoxy) is 2.